The summed E-state index contributed by atoms with van der Waals surface area (Å²) >= 11 is 0. The summed E-state index contributed by atoms with van der Waals surface area (Å²) in [6.45, 7) is 3.74. The van der Waals surface area contributed by atoms with E-state index in [0.29, 0.717) is 29.7 Å². The first kappa shape index (κ1) is 13.4. The fraction of sp³-hybridized carbons (Fsp3) is 0.500. The predicted octanol–water partition coefficient (Wildman–Crippen LogP) is 1.41. The maximum Gasteiger partial charge on any atom is 0.232 e. The summed E-state index contributed by atoms with van der Waals surface area (Å²) in [5.74, 6) is 0.959. The number of hydrogen-bond donors (Lipinski definition) is 1. The second-order valence-corrected chi connectivity index (χ2v) is 4.17. The summed E-state index contributed by atoms with van der Waals surface area (Å²) in [6, 6.07) is 1.62. The SMILES string of the molecule is CCC(O)C(C)c1nc(-c2cc(OC)ncn2)no1. The molecule has 0 aliphatic carbocycles. The van der Waals surface area contributed by atoms with Gasteiger partial charge in [-0.15, -0.1) is 0 Å². The molecule has 19 heavy (non-hydrogen) atoms. The second-order valence-electron chi connectivity index (χ2n) is 4.17. The van der Waals surface area contributed by atoms with Crippen LogP contribution in [0.25, 0.3) is 11.5 Å². The third-order valence-electron chi connectivity index (χ3n) is 2.91. The molecule has 2 rings (SSSR count). The van der Waals surface area contributed by atoms with Crippen LogP contribution in [-0.4, -0.2) is 38.4 Å². The lowest BCUT2D eigenvalue weighted by Crippen LogP contribution is -2.14. The van der Waals surface area contributed by atoms with Gasteiger partial charge in [0.15, 0.2) is 0 Å². The van der Waals surface area contributed by atoms with Gasteiger partial charge in [0, 0.05) is 6.07 Å². The molecule has 102 valence electrons. The molecule has 0 radical (unpaired) electrons. The first-order valence-electron chi connectivity index (χ1n) is 6.03. The van der Waals surface area contributed by atoms with Gasteiger partial charge in [0.2, 0.25) is 17.6 Å². The van der Waals surface area contributed by atoms with E-state index in [1.54, 1.807) is 6.07 Å². The highest BCUT2D eigenvalue weighted by Crippen LogP contribution is 2.23. The zero-order chi connectivity index (χ0) is 13.8. The Morgan fingerprint density at radius 2 is 2.21 bits per heavy atom. The Hall–Kier alpha value is -2.02. The molecule has 0 aromatic carbocycles. The van der Waals surface area contributed by atoms with Crippen LogP contribution in [0.15, 0.2) is 16.9 Å². The van der Waals surface area contributed by atoms with Crippen molar-refractivity contribution in [3.63, 3.8) is 0 Å². The van der Waals surface area contributed by atoms with Crippen LogP contribution in [0.4, 0.5) is 0 Å². The molecule has 2 aromatic heterocycles. The number of methoxy groups -OCH3 is 1. The van der Waals surface area contributed by atoms with E-state index in [2.05, 4.69) is 20.1 Å². The normalized spacial score (nSPS) is 14.1. The van der Waals surface area contributed by atoms with Gasteiger partial charge >= 0.3 is 0 Å². The monoisotopic (exact) mass is 264 g/mol. The molecule has 2 unspecified atom stereocenters. The van der Waals surface area contributed by atoms with E-state index in [1.807, 2.05) is 13.8 Å². The van der Waals surface area contributed by atoms with E-state index >= 15 is 0 Å². The van der Waals surface area contributed by atoms with Crippen molar-refractivity contribution in [2.24, 2.45) is 0 Å². The molecule has 2 heterocycles. The molecule has 0 aliphatic heterocycles. The summed E-state index contributed by atoms with van der Waals surface area (Å²) in [5.41, 5.74) is 0.514. The molecular weight excluding hydrogens is 248 g/mol. The lowest BCUT2D eigenvalue weighted by atomic mass is 10.0. The molecule has 0 saturated heterocycles. The fourth-order valence-corrected chi connectivity index (χ4v) is 1.62. The van der Waals surface area contributed by atoms with E-state index in [9.17, 15) is 5.11 Å². The van der Waals surface area contributed by atoms with E-state index in [4.69, 9.17) is 9.26 Å². The van der Waals surface area contributed by atoms with E-state index < -0.39 is 6.10 Å². The third-order valence-corrected chi connectivity index (χ3v) is 2.91. The van der Waals surface area contributed by atoms with E-state index in [1.165, 1.54) is 13.4 Å². The molecule has 1 N–H and O–H groups in total. The average molecular weight is 264 g/mol. The largest absolute Gasteiger partial charge is 0.481 e. The first-order valence-corrected chi connectivity index (χ1v) is 6.03. The molecule has 2 aromatic rings. The number of ether oxygens (including phenoxy) is 1. The predicted molar refractivity (Wildman–Crippen MR) is 66.6 cm³/mol. The topological polar surface area (TPSA) is 94.2 Å². The van der Waals surface area contributed by atoms with E-state index in [0.717, 1.165) is 0 Å². The second kappa shape index (κ2) is 5.75. The minimum Gasteiger partial charge on any atom is -0.481 e. The van der Waals surface area contributed by atoms with Crippen molar-refractivity contribution in [2.45, 2.75) is 32.3 Å². The highest BCUT2D eigenvalue weighted by atomic mass is 16.5. The Labute approximate surface area is 110 Å². The molecule has 0 amide bonds. The maximum atomic E-state index is 9.77. The average Bonchev–Trinajstić information content (AvgIpc) is 2.95. The van der Waals surface area contributed by atoms with Gasteiger partial charge < -0.3 is 14.4 Å². The lowest BCUT2D eigenvalue weighted by Gasteiger charge is -2.11. The minimum absolute atomic E-state index is 0.213. The van der Waals surface area contributed by atoms with Crippen LogP contribution in [-0.2, 0) is 0 Å². The van der Waals surface area contributed by atoms with Crippen molar-refractivity contribution < 1.29 is 14.4 Å². The van der Waals surface area contributed by atoms with Crippen LogP contribution in [0.2, 0.25) is 0 Å². The van der Waals surface area contributed by atoms with Gasteiger partial charge in [0.25, 0.3) is 0 Å². The summed E-state index contributed by atoms with van der Waals surface area (Å²) in [7, 11) is 1.52. The molecule has 0 bridgehead atoms. The minimum atomic E-state index is -0.506. The van der Waals surface area contributed by atoms with Gasteiger partial charge in [0.05, 0.1) is 19.1 Å². The molecule has 0 aliphatic rings. The Bertz CT molecular complexity index is 543. The maximum absolute atomic E-state index is 9.77. The smallest absolute Gasteiger partial charge is 0.232 e. The number of rotatable bonds is 5. The lowest BCUT2D eigenvalue weighted by molar-refractivity contribution is 0.129. The Balaban J connectivity index is 2.25. The molecule has 7 heteroatoms. The summed E-state index contributed by atoms with van der Waals surface area (Å²) in [4.78, 5) is 12.2. The van der Waals surface area contributed by atoms with Crippen LogP contribution in [0.3, 0.4) is 0 Å². The molecule has 0 fully saturated rings. The number of nitrogens with zero attached hydrogens (tertiary/aromatic N) is 4. The van der Waals surface area contributed by atoms with Gasteiger partial charge in [-0.3, -0.25) is 0 Å². The van der Waals surface area contributed by atoms with Crippen molar-refractivity contribution in [1.29, 1.82) is 0 Å². The first-order chi connectivity index (χ1) is 9.15. The number of hydrogen-bond acceptors (Lipinski definition) is 7. The molecule has 2 atom stereocenters. The Kier molecular flexibility index (Phi) is 4.06. The number of aliphatic hydroxyl groups excluding tert-OH is 1. The summed E-state index contributed by atoms with van der Waals surface area (Å²) in [5, 5.41) is 13.6. The third kappa shape index (κ3) is 2.87. The van der Waals surface area contributed by atoms with Crippen LogP contribution in [0, 0.1) is 0 Å². The van der Waals surface area contributed by atoms with Gasteiger partial charge in [-0.2, -0.15) is 4.98 Å². The van der Waals surface area contributed by atoms with E-state index in [-0.39, 0.29) is 5.92 Å². The summed E-state index contributed by atoms with van der Waals surface area (Å²) < 4.78 is 10.2. The zero-order valence-corrected chi connectivity index (χ0v) is 11.1. The summed E-state index contributed by atoms with van der Waals surface area (Å²) in [6.07, 6.45) is 1.49. The Morgan fingerprint density at radius 3 is 2.89 bits per heavy atom. The van der Waals surface area contributed by atoms with Gasteiger partial charge in [-0.25, -0.2) is 9.97 Å². The molecular formula is C12H16N4O3. The van der Waals surface area contributed by atoms with Crippen molar-refractivity contribution in [2.75, 3.05) is 7.11 Å². The van der Waals surface area contributed by atoms with Crippen LogP contribution >= 0.6 is 0 Å². The number of aliphatic hydroxyl groups is 1. The van der Waals surface area contributed by atoms with Crippen LogP contribution in [0.5, 0.6) is 5.88 Å². The van der Waals surface area contributed by atoms with Crippen molar-refractivity contribution in [3.8, 4) is 17.4 Å². The highest BCUT2D eigenvalue weighted by molar-refractivity contribution is 5.49. The van der Waals surface area contributed by atoms with Crippen molar-refractivity contribution in [1.82, 2.24) is 20.1 Å². The molecule has 0 saturated carbocycles. The quantitative estimate of drug-likeness (QED) is 0.872. The fourth-order valence-electron chi connectivity index (χ4n) is 1.62. The highest BCUT2D eigenvalue weighted by Gasteiger charge is 2.21. The van der Waals surface area contributed by atoms with Crippen molar-refractivity contribution >= 4 is 0 Å². The molecule has 7 nitrogen and oxygen atoms in total. The Morgan fingerprint density at radius 1 is 1.42 bits per heavy atom. The zero-order valence-electron chi connectivity index (χ0n) is 11.1. The van der Waals surface area contributed by atoms with Crippen LogP contribution < -0.4 is 4.74 Å². The number of aromatic nitrogens is 4. The van der Waals surface area contributed by atoms with Gasteiger partial charge in [-0.05, 0) is 6.42 Å². The van der Waals surface area contributed by atoms with Crippen molar-refractivity contribution in [3.05, 3.63) is 18.3 Å². The van der Waals surface area contributed by atoms with Crippen LogP contribution in [0.1, 0.15) is 32.1 Å². The van der Waals surface area contributed by atoms with Gasteiger partial charge in [-0.1, -0.05) is 19.0 Å². The standard InChI is InChI=1S/C12H16N4O3/c1-4-9(17)7(2)12-15-11(16-19-12)8-5-10(18-3)14-6-13-8/h5-7,9,17H,4H2,1-3H3. The van der Waals surface area contributed by atoms with Gasteiger partial charge in [0.1, 0.15) is 12.0 Å². The molecule has 0 spiro atoms.